The van der Waals surface area contributed by atoms with Crippen LogP contribution in [0.15, 0.2) is 42.5 Å². The molecule has 2 heterocycles. The Hall–Kier alpha value is -2.98. The number of hydrogen-bond donors (Lipinski definition) is 1. The quantitative estimate of drug-likeness (QED) is 0.741. The van der Waals surface area contributed by atoms with Crippen LogP contribution >= 0.6 is 11.3 Å². The third kappa shape index (κ3) is 3.62. The summed E-state index contributed by atoms with van der Waals surface area (Å²) < 4.78 is 14.4. The highest BCUT2D eigenvalue weighted by Gasteiger charge is 2.28. The topological polar surface area (TPSA) is 69.0 Å². The summed E-state index contributed by atoms with van der Waals surface area (Å²) >= 11 is 1.63. The van der Waals surface area contributed by atoms with Gasteiger partial charge in [0.15, 0.2) is 5.13 Å². The van der Waals surface area contributed by atoms with Crippen molar-refractivity contribution in [3.63, 3.8) is 0 Å². The van der Waals surface area contributed by atoms with E-state index in [2.05, 4.69) is 15.2 Å². The van der Waals surface area contributed by atoms with E-state index in [1.165, 1.54) is 12.1 Å². The van der Waals surface area contributed by atoms with Crippen molar-refractivity contribution in [1.82, 2.24) is 4.98 Å². The molecule has 1 fully saturated rings. The molecular weight excluding hydrogens is 363 g/mol. The maximum Gasteiger partial charge on any atom is 0.229 e. The van der Waals surface area contributed by atoms with Gasteiger partial charge in [-0.1, -0.05) is 23.5 Å². The highest BCUT2D eigenvalue weighted by molar-refractivity contribution is 7.22. The summed E-state index contributed by atoms with van der Waals surface area (Å²) in [6.07, 6.45) is 1.67. The molecule has 27 heavy (non-hydrogen) atoms. The van der Waals surface area contributed by atoms with Gasteiger partial charge in [-0.15, -0.1) is 0 Å². The second kappa shape index (κ2) is 7.33. The first-order valence-corrected chi connectivity index (χ1v) is 9.57. The average Bonchev–Trinajstić information content (AvgIpc) is 3.13. The molecule has 2 aromatic carbocycles. The van der Waals surface area contributed by atoms with Crippen molar-refractivity contribution in [2.75, 3.05) is 23.3 Å². The van der Waals surface area contributed by atoms with Crippen molar-refractivity contribution in [2.24, 2.45) is 5.92 Å². The number of fused-ring (bicyclic) bond motifs is 1. The number of carbonyl (C=O) groups excluding carboxylic acids is 1. The van der Waals surface area contributed by atoms with Crippen LogP contribution in [0.25, 0.3) is 10.2 Å². The highest BCUT2D eigenvalue weighted by atomic mass is 32.1. The van der Waals surface area contributed by atoms with Crippen LogP contribution in [0.1, 0.15) is 18.4 Å². The third-order valence-corrected chi connectivity index (χ3v) is 5.80. The van der Waals surface area contributed by atoms with Crippen LogP contribution in [0.2, 0.25) is 0 Å². The Balaban J connectivity index is 1.49. The molecule has 136 valence electrons. The van der Waals surface area contributed by atoms with Gasteiger partial charge in [0.05, 0.1) is 27.4 Å². The highest BCUT2D eigenvalue weighted by Crippen LogP contribution is 2.31. The number of thiazole rings is 1. The lowest BCUT2D eigenvalue weighted by atomic mass is 9.97. The number of piperidine rings is 1. The fourth-order valence-corrected chi connectivity index (χ4v) is 4.31. The van der Waals surface area contributed by atoms with Crippen molar-refractivity contribution >= 4 is 38.3 Å². The van der Waals surface area contributed by atoms with Crippen molar-refractivity contribution in [3.05, 3.63) is 53.8 Å². The van der Waals surface area contributed by atoms with E-state index in [9.17, 15) is 9.18 Å². The first-order chi connectivity index (χ1) is 13.1. The lowest BCUT2D eigenvalue weighted by Crippen LogP contribution is -2.40. The Morgan fingerprint density at radius 2 is 2.19 bits per heavy atom. The average molecular weight is 380 g/mol. The molecule has 1 aromatic heterocycles. The maximum absolute atomic E-state index is 13.3. The van der Waals surface area contributed by atoms with Crippen molar-refractivity contribution in [3.8, 4) is 6.07 Å². The van der Waals surface area contributed by atoms with Gasteiger partial charge >= 0.3 is 0 Å². The number of nitrogens with one attached hydrogen (secondary N) is 1. The van der Waals surface area contributed by atoms with Gasteiger partial charge in [-0.25, -0.2) is 9.37 Å². The predicted molar refractivity (Wildman–Crippen MR) is 104 cm³/mol. The number of halogens is 1. The SMILES string of the molecule is N#Cc1cc(F)ccc1NC(=O)C1CCCN(c2nc3ccccc3s2)C1. The van der Waals surface area contributed by atoms with Gasteiger partial charge in [-0.05, 0) is 43.2 Å². The van der Waals surface area contributed by atoms with Crippen LogP contribution in [-0.2, 0) is 4.79 Å². The van der Waals surface area contributed by atoms with Gasteiger partial charge in [0, 0.05) is 13.1 Å². The Morgan fingerprint density at radius 3 is 3.00 bits per heavy atom. The van der Waals surface area contributed by atoms with E-state index in [4.69, 9.17) is 5.26 Å². The summed E-state index contributed by atoms with van der Waals surface area (Å²) in [5, 5.41) is 12.9. The van der Waals surface area contributed by atoms with Crippen molar-refractivity contribution < 1.29 is 9.18 Å². The summed E-state index contributed by atoms with van der Waals surface area (Å²) in [5.74, 6) is -0.851. The fourth-order valence-electron chi connectivity index (χ4n) is 3.31. The Bertz CT molecular complexity index is 1010. The normalized spacial score (nSPS) is 16.9. The maximum atomic E-state index is 13.3. The molecule has 0 spiro atoms. The van der Waals surface area contributed by atoms with Gasteiger partial charge in [0.1, 0.15) is 11.9 Å². The minimum atomic E-state index is -0.496. The summed E-state index contributed by atoms with van der Waals surface area (Å²) in [6, 6.07) is 13.7. The number of rotatable bonds is 3. The molecule has 1 N–H and O–H groups in total. The van der Waals surface area contributed by atoms with Crippen molar-refractivity contribution in [1.29, 1.82) is 5.26 Å². The summed E-state index contributed by atoms with van der Waals surface area (Å²) in [6.45, 7) is 1.44. The van der Waals surface area contributed by atoms with E-state index in [1.54, 1.807) is 11.3 Å². The zero-order chi connectivity index (χ0) is 18.8. The zero-order valence-corrected chi connectivity index (χ0v) is 15.3. The number of amides is 1. The van der Waals surface area contributed by atoms with E-state index < -0.39 is 5.82 Å². The standard InChI is InChI=1S/C20H17FN4OS/c21-15-7-8-16(14(10-15)11-22)23-19(26)13-4-3-9-25(12-13)20-24-17-5-1-2-6-18(17)27-20/h1-2,5-8,10,13H,3-4,9,12H2,(H,23,26). The fraction of sp³-hybridized carbons (Fsp3) is 0.250. The van der Waals surface area contributed by atoms with E-state index in [0.717, 1.165) is 40.8 Å². The molecule has 1 aliphatic heterocycles. The predicted octanol–water partition coefficient (Wildman–Crippen LogP) is 4.16. The van der Waals surface area contributed by atoms with Gasteiger partial charge in [0.2, 0.25) is 5.91 Å². The summed E-state index contributed by atoms with van der Waals surface area (Å²) in [4.78, 5) is 19.5. The van der Waals surface area contributed by atoms with Crippen LogP contribution in [0.3, 0.4) is 0 Å². The molecule has 1 aliphatic rings. The van der Waals surface area contributed by atoms with Crippen LogP contribution in [0, 0.1) is 23.1 Å². The number of carbonyl (C=O) groups is 1. The van der Waals surface area contributed by atoms with Crippen LogP contribution in [-0.4, -0.2) is 24.0 Å². The molecule has 7 heteroatoms. The first kappa shape index (κ1) is 17.4. The molecule has 0 radical (unpaired) electrons. The lowest BCUT2D eigenvalue weighted by Gasteiger charge is -2.31. The number of hydrogen-bond acceptors (Lipinski definition) is 5. The van der Waals surface area contributed by atoms with E-state index in [0.29, 0.717) is 12.2 Å². The molecule has 1 saturated heterocycles. The molecule has 5 nitrogen and oxygen atoms in total. The number of para-hydroxylation sites is 1. The van der Waals surface area contributed by atoms with E-state index in [-0.39, 0.29) is 17.4 Å². The molecule has 1 atom stereocenters. The molecule has 0 aliphatic carbocycles. The summed E-state index contributed by atoms with van der Waals surface area (Å²) in [7, 11) is 0. The smallest absolute Gasteiger partial charge is 0.229 e. The van der Waals surface area contributed by atoms with Gasteiger partial charge in [-0.2, -0.15) is 5.26 Å². The molecule has 1 amide bonds. The minimum Gasteiger partial charge on any atom is -0.347 e. The monoisotopic (exact) mass is 380 g/mol. The first-order valence-electron chi connectivity index (χ1n) is 8.75. The van der Waals surface area contributed by atoms with Gasteiger partial charge < -0.3 is 10.2 Å². The van der Waals surface area contributed by atoms with Crippen LogP contribution in [0.5, 0.6) is 0 Å². The van der Waals surface area contributed by atoms with Crippen LogP contribution in [0.4, 0.5) is 15.2 Å². The molecule has 0 bridgehead atoms. The van der Waals surface area contributed by atoms with E-state index >= 15 is 0 Å². The Kier molecular flexibility index (Phi) is 4.73. The molecular formula is C20H17FN4OS. The molecule has 1 unspecified atom stereocenters. The Labute approximate surface area is 160 Å². The van der Waals surface area contributed by atoms with E-state index in [1.807, 2.05) is 30.3 Å². The van der Waals surface area contributed by atoms with Crippen LogP contribution < -0.4 is 10.2 Å². The second-order valence-electron chi connectivity index (χ2n) is 6.54. The number of nitriles is 1. The molecule has 4 rings (SSSR count). The van der Waals surface area contributed by atoms with Crippen molar-refractivity contribution in [2.45, 2.75) is 12.8 Å². The largest absolute Gasteiger partial charge is 0.347 e. The lowest BCUT2D eigenvalue weighted by molar-refractivity contribution is -0.120. The molecule has 0 saturated carbocycles. The molecule has 3 aromatic rings. The zero-order valence-electron chi connectivity index (χ0n) is 14.5. The minimum absolute atomic E-state index is 0.127. The number of aromatic nitrogens is 1. The third-order valence-electron chi connectivity index (χ3n) is 4.71. The number of benzene rings is 2. The van der Waals surface area contributed by atoms with Gasteiger partial charge in [-0.3, -0.25) is 4.79 Å². The Morgan fingerprint density at radius 1 is 1.33 bits per heavy atom. The summed E-state index contributed by atoms with van der Waals surface area (Å²) in [5.41, 5.74) is 1.44. The number of anilines is 2. The number of nitrogens with zero attached hydrogens (tertiary/aromatic N) is 3. The van der Waals surface area contributed by atoms with Gasteiger partial charge in [0.25, 0.3) is 0 Å². The second-order valence-corrected chi connectivity index (χ2v) is 7.55.